The number of carbonyl (C=O) groups excluding carboxylic acids is 1. The predicted molar refractivity (Wildman–Crippen MR) is 57.3 cm³/mol. The number of carbonyl (C=O) groups is 1. The standard InChI is InChI=1S/C9H18BrNO2/c1-9(2,3)11-8(12)13-7-5-4-6-10/h4-7H2,1-3H3,(H,11,12). The summed E-state index contributed by atoms with van der Waals surface area (Å²) >= 11 is 3.31. The van der Waals surface area contributed by atoms with Crippen molar-refractivity contribution in [3.63, 3.8) is 0 Å². The predicted octanol–water partition coefficient (Wildman–Crippen LogP) is 2.69. The van der Waals surface area contributed by atoms with Gasteiger partial charge in [0.1, 0.15) is 0 Å². The van der Waals surface area contributed by atoms with Gasteiger partial charge in [-0.05, 0) is 33.6 Å². The third kappa shape index (κ3) is 9.67. The number of hydrogen-bond donors (Lipinski definition) is 1. The molecule has 0 aliphatic rings. The van der Waals surface area contributed by atoms with Crippen molar-refractivity contribution < 1.29 is 9.53 Å². The Hall–Kier alpha value is -0.250. The fraction of sp³-hybridized carbons (Fsp3) is 0.889. The highest BCUT2D eigenvalue weighted by Crippen LogP contribution is 2.00. The number of unbranched alkanes of at least 4 members (excludes halogenated alkanes) is 1. The van der Waals surface area contributed by atoms with Gasteiger partial charge < -0.3 is 10.1 Å². The van der Waals surface area contributed by atoms with Crippen LogP contribution in [-0.2, 0) is 4.74 Å². The van der Waals surface area contributed by atoms with Crippen LogP contribution >= 0.6 is 15.9 Å². The number of hydrogen-bond acceptors (Lipinski definition) is 2. The van der Waals surface area contributed by atoms with Crippen molar-refractivity contribution in [1.29, 1.82) is 0 Å². The van der Waals surface area contributed by atoms with Crippen LogP contribution in [0, 0.1) is 0 Å². The highest BCUT2D eigenvalue weighted by molar-refractivity contribution is 9.09. The van der Waals surface area contributed by atoms with E-state index < -0.39 is 0 Å². The molecule has 0 aliphatic heterocycles. The van der Waals surface area contributed by atoms with Crippen molar-refractivity contribution in [2.24, 2.45) is 0 Å². The van der Waals surface area contributed by atoms with Gasteiger partial charge in [-0.1, -0.05) is 15.9 Å². The topological polar surface area (TPSA) is 38.3 Å². The maximum absolute atomic E-state index is 11.1. The highest BCUT2D eigenvalue weighted by Gasteiger charge is 2.13. The van der Waals surface area contributed by atoms with Gasteiger partial charge in [-0.3, -0.25) is 0 Å². The number of alkyl halides is 1. The number of ether oxygens (including phenoxy) is 1. The summed E-state index contributed by atoms with van der Waals surface area (Å²) in [5.74, 6) is 0. The van der Waals surface area contributed by atoms with Crippen LogP contribution in [0.5, 0.6) is 0 Å². The second-order valence-corrected chi connectivity index (χ2v) is 4.70. The van der Waals surface area contributed by atoms with Crippen molar-refractivity contribution in [2.45, 2.75) is 39.2 Å². The maximum Gasteiger partial charge on any atom is 0.407 e. The van der Waals surface area contributed by atoms with E-state index in [1.165, 1.54) is 0 Å². The Balaban J connectivity index is 3.41. The lowest BCUT2D eigenvalue weighted by Crippen LogP contribution is -2.41. The van der Waals surface area contributed by atoms with E-state index in [2.05, 4.69) is 21.2 Å². The molecule has 0 aromatic rings. The molecule has 78 valence electrons. The van der Waals surface area contributed by atoms with Gasteiger partial charge in [0.05, 0.1) is 6.61 Å². The largest absolute Gasteiger partial charge is 0.450 e. The Morgan fingerprint density at radius 2 is 2.00 bits per heavy atom. The van der Waals surface area contributed by atoms with Crippen molar-refractivity contribution in [3.05, 3.63) is 0 Å². The maximum atomic E-state index is 11.1. The van der Waals surface area contributed by atoms with Gasteiger partial charge in [-0.15, -0.1) is 0 Å². The minimum atomic E-state index is -0.331. The molecule has 0 unspecified atom stereocenters. The molecule has 0 saturated heterocycles. The summed E-state index contributed by atoms with van der Waals surface area (Å²) in [5.41, 5.74) is -0.216. The first-order valence-corrected chi connectivity index (χ1v) is 5.59. The molecule has 13 heavy (non-hydrogen) atoms. The normalized spacial score (nSPS) is 11.1. The molecule has 0 aromatic carbocycles. The van der Waals surface area contributed by atoms with Crippen molar-refractivity contribution in [2.75, 3.05) is 11.9 Å². The van der Waals surface area contributed by atoms with Gasteiger partial charge in [0.15, 0.2) is 0 Å². The summed E-state index contributed by atoms with van der Waals surface area (Å²) < 4.78 is 4.95. The molecule has 4 heteroatoms. The SMILES string of the molecule is CC(C)(C)NC(=O)OCCCCBr. The van der Waals surface area contributed by atoms with E-state index in [1.807, 2.05) is 20.8 Å². The minimum Gasteiger partial charge on any atom is -0.450 e. The molecule has 1 N–H and O–H groups in total. The molecule has 0 saturated carbocycles. The first-order chi connectivity index (χ1) is 5.95. The van der Waals surface area contributed by atoms with Crippen LogP contribution < -0.4 is 5.32 Å². The van der Waals surface area contributed by atoms with E-state index in [0.29, 0.717) is 6.61 Å². The van der Waals surface area contributed by atoms with Crippen LogP contribution in [0.3, 0.4) is 0 Å². The summed E-state index contributed by atoms with van der Waals surface area (Å²) in [6.45, 7) is 6.26. The first kappa shape index (κ1) is 12.8. The van der Waals surface area contributed by atoms with E-state index in [-0.39, 0.29) is 11.6 Å². The molecule has 0 radical (unpaired) electrons. The summed E-state index contributed by atoms with van der Waals surface area (Å²) in [7, 11) is 0. The fourth-order valence-electron chi connectivity index (χ4n) is 0.704. The van der Waals surface area contributed by atoms with E-state index in [0.717, 1.165) is 18.2 Å². The lowest BCUT2D eigenvalue weighted by Gasteiger charge is -2.19. The van der Waals surface area contributed by atoms with Crippen LogP contribution in [0.15, 0.2) is 0 Å². The molecule has 0 atom stereocenters. The zero-order valence-corrected chi connectivity index (χ0v) is 10.1. The molecule has 3 nitrogen and oxygen atoms in total. The van der Waals surface area contributed by atoms with Gasteiger partial charge in [0.2, 0.25) is 0 Å². The minimum absolute atomic E-state index is 0.216. The molecule has 0 bridgehead atoms. The monoisotopic (exact) mass is 251 g/mol. The zero-order valence-electron chi connectivity index (χ0n) is 8.52. The molecule has 1 amide bonds. The molecule has 0 aromatic heterocycles. The van der Waals surface area contributed by atoms with Crippen LogP contribution in [-0.4, -0.2) is 23.6 Å². The quantitative estimate of drug-likeness (QED) is 0.617. The number of halogens is 1. The summed E-state index contributed by atoms with van der Waals surface area (Å²) in [4.78, 5) is 11.1. The molecule has 0 rings (SSSR count). The Bertz CT molecular complexity index is 154. The smallest absolute Gasteiger partial charge is 0.407 e. The Kier molecular flexibility index (Phi) is 6.12. The number of alkyl carbamates (subject to hydrolysis) is 1. The van der Waals surface area contributed by atoms with Crippen molar-refractivity contribution in [3.8, 4) is 0 Å². The third-order valence-electron chi connectivity index (χ3n) is 1.24. The van der Waals surface area contributed by atoms with E-state index in [9.17, 15) is 4.79 Å². The highest BCUT2D eigenvalue weighted by atomic mass is 79.9. The van der Waals surface area contributed by atoms with E-state index in [4.69, 9.17) is 4.74 Å². The van der Waals surface area contributed by atoms with Gasteiger partial charge in [-0.25, -0.2) is 4.79 Å². The van der Waals surface area contributed by atoms with Crippen molar-refractivity contribution in [1.82, 2.24) is 5.32 Å². The number of nitrogens with one attached hydrogen (secondary N) is 1. The van der Waals surface area contributed by atoms with Gasteiger partial charge in [0.25, 0.3) is 0 Å². The summed E-state index contributed by atoms with van der Waals surface area (Å²) in [6.07, 6.45) is 1.60. The van der Waals surface area contributed by atoms with Crippen LogP contribution in [0.1, 0.15) is 33.6 Å². The Morgan fingerprint density at radius 3 is 2.46 bits per heavy atom. The summed E-state index contributed by atoms with van der Waals surface area (Å²) in [6, 6.07) is 0. The Morgan fingerprint density at radius 1 is 1.38 bits per heavy atom. The van der Waals surface area contributed by atoms with Gasteiger partial charge >= 0.3 is 6.09 Å². The van der Waals surface area contributed by atoms with Gasteiger partial charge in [0, 0.05) is 10.9 Å². The molecule has 0 heterocycles. The third-order valence-corrected chi connectivity index (χ3v) is 1.80. The first-order valence-electron chi connectivity index (χ1n) is 4.46. The molecule has 0 fully saturated rings. The second-order valence-electron chi connectivity index (χ2n) is 3.91. The summed E-state index contributed by atoms with van der Waals surface area (Å²) in [5, 5.41) is 3.68. The molecule has 0 spiro atoms. The van der Waals surface area contributed by atoms with Crippen LogP contribution in [0.4, 0.5) is 4.79 Å². The van der Waals surface area contributed by atoms with Gasteiger partial charge in [-0.2, -0.15) is 0 Å². The Labute approximate surface area is 88.4 Å². The lowest BCUT2D eigenvalue weighted by molar-refractivity contribution is 0.136. The fourth-order valence-corrected chi connectivity index (χ4v) is 1.10. The molecular formula is C9H18BrNO2. The van der Waals surface area contributed by atoms with E-state index >= 15 is 0 Å². The zero-order chi connectivity index (χ0) is 10.3. The molecule has 0 aliphatic carbocycles. The average Bonchev–Trinajstić information content (AvgIpc) is 1.94. The van der Waals surface area contributed by atoms with Crippen LogP contribution in [0.25, 0.3) is 0 Å². The molecular weight excluding hydrogens is 234 g/mol. The lowest BCUT2D eigenvalue weighted by atomic mass is 10.1. The van der Waals surface area contributed by atoms with E-state index in [1.54, 1.807) is 0 Å². The van der Waals surface area contributed by atoms with Crippen molar-refractivity contribution >= 4 is 22.0 Å². The van der Waals surface area contributed by atoms with Crippen LogP contribution in [0.2, 0.25) is 0 Å². The average molecular weight is 252 g/mol. The number of rotatable bonds is 4. The number of amides is 1. The second kappa shape index (κ2) is 6.24.